The molecule has 0 heteroatoms. The topological polar surface area (TPSA) is 0 Å². The van der Waals surface area contributed by atoms with E-state index in [1.54, 1.807) is 33.4 Å². The second kappa shape index (κ2) is 2.85. The zero-order chi connectivity index (χ0) is 10.6. The second-order valence-electron chi connectivity index (χ2n) is 4.96. The van der Waals surface area contributed by atoms with Gasteiger partial charge in [-0.05, 0) is 41.5 Å². The summed E-state index contributed by atoms with van der Waals surface area (Å²) in [4.78, 5) is 0. The molecule has 0 aliphatic heterocycles. The highest BCUT2D eigenvalue weighted by Crippen LogP contribution is 2.50. The van der Waals surface area contributed by atoms with Crippen molar-refractivity contribution in [3.8, 4) is 0 Å². The molecule has 3 rings (SSSR count). The minimum absolute atomic E-state index is 0.625. The molecule has 14 heavy (non-hydrogen) atoms. The van der Waals surface area contributed by atoms with Gasteiger partial charge >= 0.3 is 0 Å². The molecular formula is C14H20. The van der Waals surface area contributed by atoms with Crippen LogP contribution in [-0.2, 0) is 0 Å². The Kier molecular flexibility index (Phi) is 1.99. The van der Waals surface area contributed by atoms with Gasteiger partial charge in [0.25, 0.3) is 0 Å². The Balaban J connectivity index is 2.64. The smallest absolute Gasteiger partial charge is 0.0217 e. The molecule has 0 aromatic heterocycles. The summed E-state index contributed by atoms with van der Waals surface area (Å²) in [5.74, 6) is 1.25. The summed E-state index contributed by atoms with van der Waals surface area (Å²) >= 11 is 0. The standard InChI is InChI=1S/C14H20/c1-7-8(2)14-11(5)9(3)13(7)10(4)12(14)6/h13-14H,1-6H3. The van der Waals surface area contributed by atoms with Gasteiger partial charge in [-0.1, -0.05) is 33.4 Å². The van der Waals surface area contributed by atoms with E-state index in [4.69, 9.17) is 0 Å². The van der Waals surface area contributed by atoms with E-state index in [0.717, 1.165) is 0 Å². The number of hydrogen-bond donors (Lipinski definition) is 0. The Bertz CT molecular complexity index is 290. The van der Waals surface area contributed by atoms with Crippen LogP contribution in [0.2, 0.25) is 0 Å². The zero-order valence-corrected chi connectivity index (χ0v) is 10.2. The summed E-state index contributed by atoms with van der Waals surface area (Å²) < 4.78 is 0. The lowest BCUT2D eigenvalue weighted by Crippen LogP contribution is -2.28. The van der Waals surface area contributed by atoms with Crippen molar-refractivity contribution in [2.24, 2.45) is 11.8 Å². The van der Waals surface area contributed by atoms with Crippen LogP contribution in [0.1, 0.15) is 41.5 Å². The first-order valence-corrected chi connectivity index (χ1v) is 5.48. The number of allylic oxidation sites excluding steroid dienone is 6. The third-order valence-corrected chi connectivity index (χ3v) is 4.46. The first-order valence-electron chi connectivity index (χ1n) is 5.48. The molecule has 0 amide bonds. The predicted octanol–water partition coefficient (Wildman–Crippen LogP) is 4.26. The Morgan fingerprint density at radius 3 is 0.714 bits per heavy atom. The third-order valence-electron chi connectivity index (χ3n) is 4.46. The number of rotatable bonds is 0. The average Bonchev–Trinajstić information content (AvgIpc) is 2.12. The van der Waals surface area contributed by atoms with E-state index >= 15 is 0 Å². The van der Waals surface area contributed by atoms with Crippen molar-refractivity contribution in [3.63, 3.8) is 0 Å². The van der Waals surface area contributed by atoms with Crippen molar-refractivity contribution in [1.82, 2.24) is 0 Å². The van der Waals surface area contributed by atoms with Gasteiger partial charge in [0.05, 0.1) is 0 Å². The van der Waals surface area contributed by atoms with E-state index in [1.807, 2.05) is 0 Å². The Morgan fingerprint density at radius 1 is 0.429 bits per heavy atom. The molecule has 0 atom stereocenters. The van der Waals surface area contributed by atoms with E-state index in [-0.39, 0.29) is 0 Å². The Labute approximate surface area is 87.4 Å². The van der Waals surface area contributed by atoms with Gasteiger partial charge in [0, 0.05) is 11.8 Å². The fourth-order valence-electron chi connectivity index (χ4n) is 3.31. The highest BCUT2D eigenvalue weighted by atomic mass is 14.4. The molecule has 3 aliphatic carbocycles. The molecule has 0 aromatic carbocycles. The second-order valence-corrected chi connectivity index (χ2v) is 4.96. The van der Waals surface area contributed by atoms with Crippen molar-refractivity contribution in [1.29, 1.82) is 0 Å². The van der Waals surface area contributed by atoms with Crippen LogP contribution in [0.3, 0.4) is 0 Å². The molecule has 0 saturated heterocycles. The van der Waals surface area contributed by atoms with Crippen LogP contribution in [-0.4, -0.2) is 0 Å². The van der Waals surface area contributed by atoms with Crippen molar-refractivity contribution < 1.29 is 0 Å². The van der Waals surface area contributed by atoms with Crippen LogP contribution in [0.25, 0.3) is 0 Å². The van der Waals surface area contributed by atoms with Gasteiger partial charge in [-0.25, -0.2) is 0 Å². The minimum Gasteiger partial charge on any atom is -0.0622 e. The SMILES string of the molecule is CC1=C(C)C2C(C)=C(C)C1C(C)=C2C. The van der Waals surface area contributed by atoms with Gasteiger partial charge in [-0.15, -0.1) is 0 Å². The summed E-state index contributed by atoms with van der Waals surface area (Å²) in [5, 5.41) is 0. The monoisotopic (exact) mass is 188 g/mol. The van der Waals surface area contributed by atoms with Crippen molar-refractivity contribution in [2.45, 2.75) is 41.5 Å². The fraction of sp³-hybridized carbons (Fsp3) is 0.571. The lowest BCUT2D eigenvalue weighted by molar-refractivity contribution is 0.621. The first kappa shape index (κ1) is 9.76. The molecule has 0 unspecified atom stereocenters. The van der Waals surface area contributed by atoms with E-state index in [9.17, 15) is 0 Å². The largest absolute Gasteiger partial charge is 0.0622 e. The van der Waals surface area contributed by atoms with Crippen LogP contribution >= 0.6 is 0 Å². The molecular weight excluding hydrogens is 168 g/mol. The minimum atomic E-state index is 0.625. The summed E-state index contributed by atoms with van der Waals surface area (Å²) in [6.07, 6.45) is 0. The first-order chi connectivity index (χ1) is 6.46. The van der Waals surface area contributed by atoms with Crippen LogP contribution in [0, 0.1) is 11.8 Å². The van der Waals surface area contributed by atoms with Crippen molar-refractivity contribution >= 4 is 0 Å². The molecule has 0 spiro atoms. The Morgan fingerprint density at radius 2 is 0.571 bits per heavy atom. The molecule has 0 N–H and O–H groups in total. The molecule has 0 aromatic rings. The maximum absolute atomic E-state index is 2.30. The van der Waals surface area contributed by atoms with Crippen LogP contribution < -0.4 is 0 Å². The van der Waals surface area contributed by atoms with E-state index in [0.29, 0.717) is 11.8 Å². The van der Waals surface area contributed by atoms with Gasteiger partial charge in [-0.2, -0.15) is 0 Å². The van der Waals surface area contributed by atoms with E-state index in [1.165, 1.54) is 0 Å². The highest BCUT2D eigenvalue weighted by Gasteiger charge is 2.36. The molecule has 76 valence electrons. The molecule has 3 aliphatic rings. The van der Waals surface area contributed by atoms with Crippen molar-refractivity contribution in [3.05, 3.63) is 33.4 Å². The van der Waals surface area contributed by atoms with Crippen LogP contribution in [0.4, 0.5) is 0 Å². The van der Waals surface area contributed by atoms with Crippen LogP contribution in [0.15, 0.2) is 33.4 Å². The van der Waals surface area contributed by atoms with Crippen LogP contribution in [0.5, 0.6) is 0 Å². The lowest BCUT2D eigenvalue weighted by Gasteiger charge is -2.42. The molecule has 0 radical (unpaired) electrons. The highest BCUT2D eigenvalue weighted by molar-refractivity contribution is 5.53. The molecule has 0 saturated carbocycles. The fourth-order valence-corrected chi connectivity index (χ4v) is 3.31. The van der Waals surface area contributed by atoms with Gasteiger partial charge in [0.2, 0.25) is 0 Å². The normalized spacial score (nSPS) is 32.1. The van der Waals surface area contributed by atoms with Gasteiger partial charge in [0.15, 0.2) is 0 Å². The van der Waals surface area contributed by atoms with E-state index < -0.39 is 0 Å². The van der Waals surface area contributed by atoms with Gasteiger partial charge < -0.3 is 0 Å². The lowest BCUT2D eigenvalue weighted by atomic mass is 9.63. The summed E-state index contributed by atoms with van der Waals surface area (Å²) in [7, 11) is 0. The summed E-state index contributed by atoms with van der Waals surface area (Å²) in [6, 6.07) is 0. The molecule has 0 fully saturated rings. The summed E-state index contributed by atoms with van der Waals surface area (Å²) in [5.41, 5.74) is 9.59. The maximum atomic E-state index is 2.30. The molecule has 2 bridgehead atoms. The predicted molar refractivity (Wildman–Crippen MR) is 62.1 cm³/mol. The zero-order valence-electron chi connectivity index (χ0n) is 10.2. The third kappa shape index (κ3) is 0.945. The van der Waals surface area contributed by atoms with Crippen molar-refractivity contribution in [2.75, 3.05) is 0 Å². The average molecular weight is 188 g/mol. The van der Waals surface area contributed by atoms with Gasteiger partial charge in [0.1, 0.15) is 0 Å². The Hall–Kier alpha value is -0.780. The molecule has 0 nitrogen and oxygen atoms in total. The van der Waals surface area contributed by atoms with E-state index in [2.05, 4.69) is 41.5 Å². The summed E-state index contributed by atoms with van der Waals surface area (Å²) in [6.45, 7) is 13.8. The quantitative estimate of drug-likeness (QED) is 0.498. The molecule has 0 heterocycles. The number of hydrogen-bond acceptors (Lipinski definition) is 0. The maximum Gasteiger partial charge on any atom is 0.0217 e. The van der Waals surface area contributed by atoms with Gasteiger partial charge in [-0.3, -0.25) is 0 Å².